The maximum atomic E-state index is 12.9. The van der Waals surface area contributed by atoms with Crippen molar-refractivity contribution in [3.8, 4) is 11.4 Å². The molecule has 1 amide bonds. The average molecular weight is 501 g/mol. The Morgan fingerprint density at radius 2 is 1.92 bits per heavy atom. The van der Waals surface area contributed by atoms with Gasteiger partial charge in [0.05, 0.1) is 23.4 Å². The molecule has 0 spiro atoms. The predicted molar refractivity (Wildman–Crippen MR) is 142 cm³/mol. The van der Waals surface area contributed by atoms with Crippen LogP contribution in [0, 0.1) is 6.92 Å². The molecule has 8 heteroatoms. The van der Waals surface area contributed by atoms with Gasteiger partial charge in [-0.3, -0.25) is 14.3 Å². The lowest BCUT2D eigenvalue weighted by Gasteiger charge is -2.30. The fraction of sp³-hybridized carbons (Fsp3) is 0.345. The number of carbonyl (C=O) groups excluding carboxylic acids is 1. The van der Waals surface area contributed by atoms with E-state index in [2.05, 4.69) is 15.6 Å². The maximum Gasteiger partial charge on any atom is 0.410 e. The van der Waals surface area contributed by atoms with Gasteiger partial charge in [-0.05, 0) is 69.5 Å². The molecule has 192 valence electrons. The van der Waals surface area contributed by atoms with Gasteiger partial charge in [-0.2, -0.15) is 0 Å². The molecule has 1 aliphatic heterocycles. The zero-order valence-corrected chi connectivity index (χ0v) is 21.9. The highest BCUT2D eigenvalue weighted by Crippen LogP contribution is 2.32. The van der Waals surface area contributed by atoms with Crippen LogP contribution in [0.25, 0.3) is 16.6 Å². The first kappa shape index (κ1) is 24.6. The van der Waals surface area contributed by atoms with Gasteiger partial charge < -0.3 is 18.9 Å². The number of nitrogens with zero attached hydrogens (tertiary/aromatic N) is 4. The highest BCUT2D eigenvalue weighted by molar-refractivity contribution is 5.88. The van der Waals surface area contributed by atoms with Gasteiger partial charge in [0.2, 0.25) is 0 Å². The van der Waals surface area contributed by atoms with Gasteiger partial charge in [0.25, 0.3) is 5.56 Å². The number of benzene rings is 1. The fourth-order valence-corrected chi connectivity index (χ4v) is 4.68. The highest BCUT2D eigenvalue weighted by Gasteiger charge is 2.29. The zero-order valence-electron chi connectivity index (χ0n) is 21.9. The van der Waals surface area contributed by atoms with E-state index in [1.165, 1.54) is 11.6 Å². The molecule has 0 aliphatic carbocycles. The first-order valence-corrected chi connectivity index (χ1v) is 12.4. The number of fused-ring (bicyclic) bond motifs is 3. The topological polar surface area (TPSA) is 78.6 Å². The summed E-state index contributed by atoms with van der Waals surface area (Å²) >= 11 is 0. The number of carbonyl (C=O) groups is 1. The van der Waals surface area contributed by atoms with Crippen molar-refractivity contribution in [3.63, 3.8) is 0 Å². The van der Waals surface area contributed by atoms with Crippen LogP contribution in [0.4, 0.5) is 4.79 Å². The van der Waals surface area contributed by atoms with Crippen molar-refractivity contribution in [1.29, 1.82) is 0 Å². The molecule has 37 heavy (non-hydrogen) atoms. The molecule has 5 rings (SSSR count). The van der Waals surface area contributed by atoms with E-state index < -0.39 is 5.60 Å². The van der Waals surface area contributed by atoms with Gasteiger partial charge in [-0.25, -0.2) is 4.79 Å². The first-order chi connectivity index (χ1) is 17.6. The van der Waals surface area contributed by atoms with E-state index in [0.29, 0.717) is 25.4 Å². The summed E-state index contributed by atoms with van der Waals surface area (Å²) in [6.45, 7) is 9.01. The minimum atomic E-state index is -0.531. The Labute approximate surface area is 216 Å². The summed E-state index contributed by atoms with van der Waals surface area (Å²) in [6.07, 6.45) is 3.99. The molecule has 0 fully saturated rings. The number of pyridine rings is 2. The zero-order chi connectivity index (χ0) is 26.3. The quantitative estimate of drug-likeness (QED) is 0.398. The van der Waals surface area contributed by atoms with Crippen LogP contribution in [0.2, 0.25) is 0 Å². The lowest BCUT2D eigenvalue weighted by atomic mass is 10.0. The minimum absolute atomic E-state index is 0.177. The molecule has 0 bridgehead atoms. The van der Waals surface area contributed by atoms with Crippen LogP contribution in [-0.2, 0) is 31.4 Å². The normalized spacial score (nSPS) is 13.5. The molecule has 0 unspecified atom stereocenters. The van der Waals surface area contributed by atoms with Gasteiger partial charge in [-0.15, -0.1) is 0 Å². The third-order valence-electron chi connectivity index (χ3n) is 6.57. The Morgan fingerprint density at radius 3 is 2.62 bits per heavy atom. The lowest BCUT2D eigenvalue weighted by molar-refractivity contribution is 0.0220. The van der Waals surface area contributed by atoms with E-state index in [4.69, 9.17) is 9.47 Å². The van der Waals surface area contributed by atoms with Gasteiger partial charge >= 0.3 is 6.09 Å². The van der Waals surface area contributed by atoms with Crippen molar-refractivity contribution in [2.45, 2.75) is 52.9 Å². The second-order valence-electron chi connectivity index (χ2n) is 10.5. The molecular weight excluding hydrogens is 468 g/mol. The summed E-state index contributed by atoms with van der Waals surface area (Å²) in [7, 11) is 2.00. The number of ether oxygens (including phenoxy) is 2. The monoisotopic (exact) mass is 500 g/mol. The van der Waals surface area contributed by atoms with E-state index in [0.717, 1.165) is 40.0 Å². The van der Waals surface area contributed by atoms with Crippen LogP contribution in [0.5, 0.6) is 5.75 Å². The molecule has 0 N–H and O–H groups in total. The fourth-order valence-electron chi connectivity index (χ4n) is 4.68. The number of aromatic nitrogens is 3. The van der Waals surface area contributed by atoms with Crippen LogP contribution < -0.4 is 10.3 Å². The number of hydrogen-bond donors (Lipinski definition) is 0. The minimum Gasteiger partial charge on any atom is -0.487 e. The van der Waals surface area contributed by atoms with E-state index in [9.17, 15) is 9.59 Å². The van der Waals surface area contributed by atoms with Gasteiger partial charge in [-0.1, -0.05) is 12.1 Å². The number of amides is 1. The van der Waals surface area contributed by atoms with E-state index in [-0.39, 0.29) is 11.7 Å². The summed E-state index contributed by atoms with van der Waals surface area (Å²) in [5, 5.41) is 1.14. The van der Waals surface area contributed by atoms with Crippen molar-refractivity contribution >= 4 is 17.0 Å². The second-order valence-corrected chi connectivity index (χ2v) is 10.5. The molecule has 0 saturated heterocycles. The molecule has 8 nitrogen and oxygen atoms in total. The molecule has 4 heterocycles. The molecule has 0 saturated carbocycles. The predicted octanol–water partition coefficient (Wildman–Crippen LogP) is 4.90. The van der Waals surface area contributed by atoms with Crippen LogP contribution in [-0.4, -0.2) is 37.3 Å². The third kappa shape index (κ3) is 5.09. The van der Waals surface area contributed by atoms with Crippen molar-refractivity contribution in [2.75, 3.05) is 6.54 Å². The second kappa shape index (κ2) is 9.42. The number of aryl methyl sites for hydroxylation is 2. The van der Waals surface area contributed by atoms with Crippen LogP contribution >= 0.6 is 0 Å². The summed E-state index contributed by atoms with van der Waals surface area (Å²) in [6, 6.07) is 13.2. The average Bonchev–Trinajstić information content (AvgIpc) is 3.13. The van der Waals surface area contributed by atoms with Crippen molar-refractivity contribution in [3.05, 3.63) is 87.7 Å². The Balaban J connectivity index is 1.38. The molecule has 4 aromatic rings. The molecule has 0 atom stereocenters. The SMILES string of the molecule is Cc1ccc(COc2ccn(-c3ccc4c5c(n(C)c4c3)CN(C(=O)OC(C)(C)C)CC5)c(=O)c2)nc1. The smallest absolute Gasteiger partial charge is 0.410 e. The summed E-state index contributed by atoms with van der Waals surface area (Å²) in [5.74, 6) is 0.501. The summed E-state index contributed by atoms with van der Waals surface area (Å²) < 4.78 is 15.1. The van der Waals surface area contributed by atoms with Crippen LogP contribution in [0.3, 0.4) is 0 Å². The van der Waals surface area contributed by atoms with Crippen LogP contribution in [0.15, 0.2) is 59.7 Å². The molecule has 1 aliphatic rings. The lowest BCUT2D eigenvalue weighted by Crippen LogP contribution is -2.40. The molecule has 1 aromatic carbocycles. The van der Waals surface area contributed by atoms with E-state index >= 15 is 0 Å². The van der Waals surface area contributed by atoms with Crippen molar-refractivity contribution < 1.29 is 14.3 Å². The Morgan fingerprint density at radius 1 is 1.11 bits per heavy atom. The first-order valence-electron chi connectivity index (χ1n) is 12.4. The van der Waals surface area contributed by atoms with Crippen molar-refractivity contribution in [2.24, 2.45) is 7.05 Å². The van der Waals surface area contributed by atoms with E-state index in [1.54, 1.807) is 27.9 Å². The Bertz CT molecular complexity index is 1530. The number of hydrogen-bond acceptors (Lipinski definition) is 5. The maximum absolute atomic E-state index is 12.9. The molecule has 0 radical (unpaired) electrons. The summed E-state index contributed by atoms with van der Waals surface area (Å²) in [5.41, 5.74) is 5.30. The van der Waals surface area contributed by atoms with Gasteiger partial charge in [0, 0.05) is 43.1 Å². The molecule has 3 aromatic heterocycles. The van der Waals surface area contributed by atoms with Crippen LogP contribution in [0.1, 0.15) is 43.3 Å². The highest BCUT2D eigenvalue weighted by atomic mass is 16.6. The Hall–Kier alpha value is -4.07. The molecular formula is C29H32N4O4. The Kier molecular flexibility index (Phi) is 6.27. The van der Waals surface area contributed by atoms with Gasteiger partial charge in [0.15, 0.2) is 0 Å². The number of rotatable bonds is 4. The standard InChI is InChI=1S/C29H32N4O4/c1-19-6-7-20(30-16-19)18-36-22-10-13-33(27(34)15-22)21-8-9-23-24-11-12-32(28(35)37-29(2,3)4)17-26(24)31(5)25(23)14-21/h6-10,13-16H,11-12,17-18H2,1-5H3. The summed E-state index contributed by atoms with van der Waals surface area (Å²) in [4.78, 5) is 31.7. The third-order valence-corrected chi connectivity index (χ3v) is 6.57. The van der Waals surface area contributed by atoms with Gasteiger partial charge in [0.1, 0.15) is 18.0 Å². The van der Waals surface area contributed by atoms with E-state index in [1.807, 2.05) is 59.0 Å². The van der Waals surface area contributed by atoms with Crippen molar-refractivity contribution in [1.82, 2.24) is 19.0 Å². The largest absolute Gasteiger partial charge is 0.487 e.